The lowest BCUT2D eigenvalue weighted by Crippen LogP contribution is -2.51. The van der Waals surface area contributed by atoms with E-state index in [2.05, 4.69) is 22.1 Å². The van der Waals surface area contributed by atoms with Crippen molar-refractivity contribution in [3.05, 3.63) is 23.5 Å². The quantitative estimate of drug-likeness (QED) is 0.830. The van der Waals surface area contributed by atoms with E-state index in [0.29, 0.717) is 29.8 Å². The van der Waals surface area contributed by atoms with E-state index in [9.17, 15) is 4.79 Å². The van der Waals surface area contributed by atoms with Crippen molar-refractivity contribution in [1.29, 1.82) is 0 Å². The molecule has 6 heteroatoms. The van der Waals surface area contributed by atoms with Crippen LogP contribution in [0.2, 0.25) is 5.15 Å². The molecule has 3 N–H and O–H groups in total. The minimum atomic E-state index is -0.0764. The Kier molecular flexibility index (Phi) is 5.34. The summed E-state index contributed by atoms with van der Waals surface area (Å²) in [5.41, 5.74) is 6.38. The molecule has 1 amide bonds. The Labute approximate surface area is 124 Å². The summed E-state index contributed by atoms with van der Waals surface area (Å²) in [6.45, 7) is 4.04. The van der Waals surface area contributed by atoms with Gasteiger partial charge in [0.25, 0.3) is 0 Å². The first-order valence-corrected chi connectivity index (χ1v) is 7.34. The van der Waals surface area contributed by atoms with Crippen molar-refractivity contribution in [2.75, 3.05) is 25.0 Å². The number of rotatable bonds is 4. The van der Waals surface area contributed by atoms with Gasteiger partial charge in [-0.15, -0.1) is 0 Å². The van der Waals surface area contributed by atoms with E-state index in [1.165, 1.54) is 6.42 Å². The van der Waals surface area contributed by atoms with E-state index in [1.807, 2.05) is 0 Å². The van der Waals surface area contributed by atoms with Gasteiger partial charge in [0.15, 0.2) is 5.15 Å². The molecule has 2 unspecified atom stereocenters. The summed E-state index contributed by atoms with van der Waals surface area (Å²) < 4.78 is 0. The van der Waals surface area contributed by atoms with Crippen molar-refractivity contribution in [3.63, 3.8) is 0 Å². The molecular formula is C14H21ClN4O. The molecule has 1 aliphatic heterocycles. The van der Waals surface area contributed by atoms with E-state index >= 15 is 0 Å². The molecule has 110 valence electrons. The lowest BCUT2D eigenvalue weighted by molar-refractivity contribution is -0.118. The normalized spacial score (nSPS) is 23.6. The number of hydrogen-bond acceptors (Lipinski definition) is 4. The summed E-state index contributed by atoms with van der Waals surface area (Å²) in [5.74, 6) is 0.455. The number of nitrogens with zero attached hydrogens (tertiary/aromatic N) is 2. The third-order valence-electron chi connectivity index (χ3n) is 3.85. The molecule has 1 aromatic rings. The number of piperidine rings is 1. The predicted molar refractivity (Wildman–Crippen MR) is 80.7 cm³/mol. The number of anilines is 1. The van der Waals surface area contributed by atoms with E-state index < -0.39 is 0 Å². The van der Waals surface area contributed by atoms with Gasteiger partial charge in [0.05, 0.1) is 12.2 Å². The van der Waals surface area contributed by atoms with Crippen LogP contribution in [0.15, 0.2) is 18.3 Å². The molecule has 0 bridgehead atoms. The Morgan fingerprint density at radius 3 is 3.15 bits per heavy atom. The van der Waals surface area contributed by atoms with Crippen molar-refractivity contribution >= 4 is 23.2 Å². The zero-order valence-electron chi connectivity index (χ0n) is 11.7. The number of pyridine rings is 1. The Bertz CT molecular complexity index is 468. The van der Waals surface area contributed by atoms with Gasteiger partial charge >= 0.3 is 0 Å². The van der Waals surface area contributed by atoms with Crippen LogP contribution in [0.3, 0.4) is 0 Å². The second-order valence-electron chi connectivity index (χ2n) is 5.28. The molecule has 2 atom stereocenters. The molecule has 0 saturated carbocycles. The molecule has 1 aliphatic rings. The van der Waals surface area contributed by atoms with Gasteiger partial charge in [-0.05, 0) is 37.4 Å². The fourth-order valence-corrected chi connectivity index (χ4v) is 2.93. The van der Waals surface area contributed by atoms with Crippen LogP contribution in [-0.2, 0) is 4.79 Å². The first-order chi connectivity index (χ1) is 9.61. The molecule has 1 aromatic heterocycles. The molecule has 1 saturated heterocycles. The molecule has 20 heavy (non-hydrogen) atoms. The Morgan fingerprint density at radius 2 is 2.45 bits per heavy atom. The monoisotopic (exact) mass is 296 g/mol. The number of likely N-dealkylation sites (tertiary alicyclic amines) is 1. The largest absolute Gasteiger partial charge is 0.329 e. The SMILES string of the molecule is CC1CCCN(CC(=O)Nc2cccnc2Cl)C1CN. The van der Waals surface area contributed by atoms with Crippen LogP contribution in [0.1, 0.15) is 19.8 Å². The minimum absolute atomic E-state index is 0.0764. The smallest absolute Gasteiger partial charge is 0.238 e. The third-order valence-corrected chi connectivity index (χ3v) is 4.15. The average molecular weight is 297 g/mol. The topological polar surface area (TPSA) is 71.2 Å². The van der Waals surface area contributed by atoms with Crippen LogP contribution in [0.4, 0.5) is 5.69 Å². The summed E-state index contributed by atoms with van der Waals surface area (Å²) in [4.78, 5) is 18.2. The minimum Gasteiger partial charge on any atom is -0.329 e. The highest BCUT2D eigenvalue weighted by molar-refractivity contribution is 6.32. The lowest BCUT2D eigenvalue weighted by Gasteiger charge is -2.38. The Balaban J connectivity index is 1.95. The maximum atomic E-state index is 12.1. The lowest BCUT2D eigenvalue weighted by atomic mass is 9.91. The number of carbonyl (C=O) groups excluding carboxylic acids is 1. The summed E-state index contributed by atoms with van der Waals surface area (Å²) in [5, 5.41) is 3.11. The first kappa shape index (κ1) is 15.2. The number of nitrogens with one attached hydrogen (secondary N) is 1. The molecule has 0 spiro atoms. The highest BCUT2D eigenvalue weighted by atomic mass is 35.5. The molecule has 5 nitrogen and oxygen atoms in total. The second kappa shape index (κ2) is 7.02. The van der Waals surface area contributed by atoms with Crippen molar-refractivity contribution in [2.24, 2.45) is 11.7 Å². The van der Waals surface area contributed by atoms with Crippen LogP contribution >= 0.6 is 11.6 Å². The number of hydrogen-bond donors (Lipinski definition) is 2. The fourth-order valence-electron chi connectivity index (χ4n) is 2.77. The molecule has 0 aliphatic carbocycles. The number of aromatic nitrogens is 1. The van der Waals surface area contributed by atoms with Gasteiger partial charge in [0.2, 0.25) is 5.91 Å². The molecule has 0 radical (unpaired) electrons. The Morgan fingerprint density at radius 1 is 1.65 bits per heavy atom. The number of nitrogens with two attached hydrogens (primary N) is 1. The van der Waals surface area contributed by atoms with Crippen molar-refractivity contribution < 1.29 is 4.79 Å². The standard InChI is InChI=1S/C14H21ClN4O/c1-10-4-3-7-19(12(10)8-16)9-13(20)18-11-5-2-6-17-14(11)15/h2,5-6,10,12H,3-4,7-9,16H2,1H3,(H,18,20). The Hall–Kier alpha value is -1.17. The first-order valence-electron chi connectivity index (χ1n) is 6.96. The van der Waals surface area contributed by atoms with Crippen LogP contribution < -0.4 is 11.1 Å². The molecule has 2 rings (SSSR count). The highest BCUT2D eigenvalue weighted by Crippen LogP contribution is 2.23. The van der Waals surface area contributed by atoms with Crippen LogP contribution in [0.25, 0.3) is 0 Å². The molecule has 0 aromatic carbocycles. The van der Waals surface area contributed by atoms with Gasteiger partial charge in [-0.25, -0.2) is 4.98 Å². The highest BCUT2D eigenvalue weighted by Gasteiger charge is 2.28. The van der Waals surface area contributed by atoms with Gasteiger partial charge in [-0.2, -0.15) is 0 Å². The number of halogens is 1. The summed E-state index contributed by atoms with van der Waals surface area (Å²) >= 11 is 5.93. The van der Waals surface area contributed by atoms with E-state index in [4.69, 9.17) is 17.3 Å². The summed E-state index contributed by atoms with van der Waals surface area (Å²) in [6.07, 6.45) is 3.88. The van der Waals surface area contributed by atoms with E-state index in [-0.39, 0.29) is 11.9 Å². The summed E-state index contributed by atoms with van der Waals surface area (Å²) in [7, 11) is 0. The molecule has 2 heterocycles. The van der Waals surface area contributed by atoms with E-state index in [1.54, 1.807) is 18.3 Å². The van der Waals surface area contributed by atoms with E-state index in [0.717, 1.165) is 13.0 Å². The fraction of sp³-hybridized carbons (Fsp3) is 0.571. The van der Waals surface area contributed by atoms with Crippen molar-refractivity contribution in [1.82, 2.24) is 9.88 Å². The van der Waals surface area contributed by atoms with Gasteiger partial charge in [-0.1, -0.05) is 18.5 Å². The molecular weight excluding hydrogens is 276 g/mol. The van der Waals surface area contributed by atoms with Crippen LogP contribution in [-0.4, -0.2) is 41.5 Å². The van der Waals surface area contributed by atoms with Gasteiger partial charge in [0.1, 0.15) is 0 Å². The number of carbonyl (C=O) groups is 1. The third kappa shape index (κ3) is 3.69. The maximum absolute atomic E-state index is 12.1. The zero-order chi connectivity index (χ0) is 14.5. The van der Waals surface area contributed by atoms with Crippen LogP contribution in [0.5, 0.6) is 0 Å². The van der Waals surface area contributed by atoms with Gasteiger partial charge in [0, 0.05) is 18.8 Å². The van der Waals surface area contributed by atoms with Crippen molar-refractivity contribution in [2.45, 2.75) is 25.8 Å². The zero-order valence-corrected chi connectivity index (χ0v) is 12.4. The van der Waals surface area contributed by atoms with Gasteiger partial charge < -0.3 is 11.1 Å². The molecule has 1 fully saturated rings. The van der Waals surface area contributed by atoms with Crippen molar-refractivity contribution in [3.8, 4) is 0 Å². The predicted octanol–water partition coefficient (Wildman–Crippen LogP) is 1.73. The average Bonchev–Trinajstić information content (AvgIpc) is 2.42. The second-order valence-corrected chi connectivity index (χ2v) is 5.64. The summed E-state index contributed by atoms with van der Waals surface area (Å²) in [6, 6.07) is 3.76. The number of amides is 1. The maximum Gasteiger partial charge on any atom is 0.238 e. The van der Waals surface area contributed by atoms with Crippen LogP contribution in [0, 0.1) is 5.92 Å². The van der Waals surface area contributed by atoms with Gasteiger partial charge in [-0.3, -0.25) is 9.69 Å².